The molecule has 0 rings (SSSR count). The molecule has 0 aromatic carbocycles. The Bertz CT molecular complexity index is 98.0. The van der Waals surface area contributed by atoms with Crippen LogP contribution in [0.15, 0.2) is 0 Å². The first-order chi connectivity index (χ1) is 5.50. The fourth-order valence-electron chi connectivity index (χ4n) is 0.249. The molecule has 0 aliphatic carbocycles. The van der Waals surface area contributed by atoms with Gasteiger partial charge in [-0.3, -0.25) is 4.79 Å². The summed E-state index contributed by atoms with van der Waals surface area (Å²) in [7, 11) is 0. The molecule has 0 saturated carbocycles. The van der Waals surface area contributed by atoms with Gasteiger partial charge in [0.15, 0.2) is 11.5 Å². The van der Waals surface area contributed by atoms with E-state index in [1.165, 1.54) is 13.8 Å². The number of ketones is 1. The second-order valence-electron chi connectivity index (χ2n) is 2.11. The van der Waals surface area contributed by atoms with E-state index in [4.69, 9.17) is 0 Å². The zero-order valence-corrected chi connectivity index (χ0v) is 9.49. The maximum Gasteiger partial charge on any atom is 0.166 e. The van der Waals surface area contributed by atoms with E-state index in [9.17, 15) is 9.18 Å². The minimum absolute atomic E-state index is 0.266. The van der Waals surface area contributed by atoms with E-state index >= 15 is 0 Å². The number of halogens is 1. The summed E-state index contributed by atoms with van der Waals surface area (Å²) < 4.78 is 12.6. The van der Waals surface area contributed by atoms with Crippen LogP contribution in [-0.2, 0) is 4.79 Å². The average molecular weight is 178 g/mol. The monoisotopic (exact) mass is 178 g/mol. The van der Waals surface area contributed by atoms with Crippen LogP contribution in [-0.4, -0.2) is 11.5 Å². The molecule has 0 amide bonds. The van der Waals surface area contributed by atoms with Gasteiger partial charge in [0.1, 0.15) is 0 Å². The zero-order chi connectivity index (χ0) is 10.8. The highest BCUT2D eigenvalue weighted by Crippen LogP contribution is 2.14. The molecule has 0 spiro atoms. The summed E-state index contributed by atoms with van der Waals surface area (Å²) >= 11 is 0. The molecule has 0 aliphatic heterocycles. The molecule has 12 heavy (non-hydrogen) atoms. The third-order valence-electron chi connectivity index (χ3n) is 1.40. The van der Waals surface area contributed by atoms with Crippen molar-refractivity contribution in [1.82, 2.24) is 0 Å². The Labute approximate surface area is 76.4 Å². The van der Waals surface area contributed by atoms with Crippen molar-refractivity contribution in [3.63, 3.8) is 0 Å². The van der Waals surface area contributed by atoms with E-state index in [0.717, 1.165) is 0 Å². The lowest BCUT2D eigenvalue weighted by Crippen LogP contribution is -2.25. The van der Waals surface area contributed by atoms with Crippen LogP contribution in [0.1, 0.15) is 54.9 Å². The molecule has 0 bridgehead atoms. The summed E-state index contributed by atoms with van der Waals surface area (Å²) in [5, 5.41) is 0. The van der Waals surface area contributed by atoms with Gasteiger partial charge in [-0.25, -0.2) is 4.39 Å². The Morgan fingerprint density at radius 2 is 1.50 bits per heavy atom. The lowest BCUT2D eigenvalue weighted by atomic mass is 10.0. The Morgan fingerprint density at radius 3 is 1.50 bits per heavy atom. The molecule has 0 aliphatic rings. The van der Waals surface area contributed by atoms with Crippen molar-refractivity contribution in [2.45, 2.75) is 60.6 Å². The lowest BCUT2D eigenvalue weighted by molar-refractivity contribution is -0.127. The van der Waals surface area contributed by atoms with Gasteiger partial charge in [-0.15, -0.1) is 0 Å². The third kappa shape index (κ3) is 9.60. The van der Waals surface area contributed by atoms with Crippen LogP contribution in [0.2, 0.25) is 0 Å². The van der Waals surface area contributed by atoms with Gasteiger partial charge < -0.3 is 0 Å². The molecule has 0 heterocycles. The van der Waals surface area contributed by atoms with Crippen molar-refractivity contribution < 1.29 is 9.18 Å². The summed E-state index contributed by atoms with van der Waals surface area (Å²) in [5.41, 5.74) is -1.60. The molecule has 1 unspecified atom stereocenters. The van der Waals surface area contributed by atoms with Gasteiger partial charge in [0.25, 0.3) is 0 Å². The predicted octanol–water partition coefficient (Wildman–Crippen LogP) is 3.77. The minimum Gasteiger partial charge on any atom is -0.296 e. The second kappa shape index (κ2) is 10.6. The van der Waals surface area contributed by atoms with Crippen molar-refractivity contribution >= 4 is 5.78 Å². The number of hydrogen-bond donors (Lipinski definition) is 0. The van der Waals surface area contributed by atoms with E-state index in [1.807, 2.05) is 27.7 Å². The van der Waals surface area contributed by atoms with Crippen LogP contribution in [0, 0.1) is 0 Å². The Balaban J connectivity index is -0.000000175. The van der Waals surface area contributed by atoms with Gasteiger partial charge >= 0.3 is 0 Å². The molecule has 2 heteroatoms. The molecule has 0 radical (unpaired) electrons. The fraction of sp³-hybridized carbons (Fsp3) is 0.900. The van der Waals surface area contributed by atoms with Crippen LogP contribution in [0.4, 0.5) is 4.39 Å². The molecular formula is C10H23FO. The normalized spacial score (nSPS) is 12.7. The van der Waals surface area contributed by atoms with Crippen LogP contribution >= 0.6 is 0 Å². The van der Waals surface area contributed by atoms with E-state index in [-0.39, 0.29) is 12.2 Å². The minimum atomic E-state index is -1.60. The summed E-state index contributed by atoms with van der Waals surface area (Å²) in [6.07, 6.45) is 0.266. The highest BCUT2D eigenvalue weighted by Gasteiger charge is 2.25. The Kier molecular flexibility index (Phi) is 15.6. The SMILES string of the molecule is CC.CC.CCC(C)(F)C(C)=O. The van der Waals surface area contributed by atoms with E-state index < -0.39 is 5.67 Å². The van der Waals surface area contributed by atoms with Crippen LogP contribution < -0.4 is 0 Å². The first-order valence-corrected chi connectivity index (χ1v) is 4.70. The maximum absolute atomic E-state index is 12.6. The predicted molar refractivity (Wildman–Crippen MR) is 53.2 cm³/mol. The largest absolute Gasteiger partial charge is 0.296 e. The van der Waals surface area contributed by atoms with Crippen LogP contribution in [0.25, 0.3) is 0 Å². The van der Waals surface area contributed by atoms with Gasteiger partial charge in [-0.1, -0.05) is 34.6 Å². The first-order valence-electron chi connectivity index (χ1n) is 4.70. The van der Waals surface area contributed by atoms with E-state index in [2.05, 4.69) is 0 Å². The highest BCUT2D eigenvalue weighted by atomic mass is 19.1. The quantitative estimate of drug-likeness (QED) is 0.629. The first kappa shape index (κ1) is 17.6. The van der Waals surface area contributed by atoms with Crippen LogP contribution in [0.5, 0.6) is 0 Å². The van der Waals surface area contributed by atoms with Crippen molar-refractivity contribution in [2.24, 2.45) is 0 Å². The number of hydrogen-bond acceptors (Lipinski definition) is 1. The fourth-order valence-corrected chi connectivity index (χ4v) is 0.249. The number of carbonyl (C=O) groups is 1. The standard InChI is InChI=1S/C6H11FO.2C2H6/c1-4-6(3,7)5(2)8;2*1-2/h4H2,1-3H3;2*1-2H3. The molecule has 0 N–H and O–H groups in total. The third-order valence-corrected chi connectivity index (χ3v) is 1.40. The molecule has 0 saturated heterocycles. The molecule has 0 aromatic heterocycles. The summed E-state index contributed by atoms with van der Waals surface area (Å²) in [5.74, 6) is -0.389. The highest BCUT2D eigenvalue weighted by molar-refractivity contribution is 5.84. The second-order valence-corrected chi connectivity index (χ2v) is 2.11. The molecule has 0 aromatic rings. The van der Waals surface area contributed by atoms with Gasteiger partial charge in [0, 0.05) is 0 Å². The van der Waals surface area contributed by atoms with Crippen molar-refractivity contribution in [2.75, 3.05) is 0 Å². The number of carbonyl (C=O) groups excluding carboxylic acids is 1. The van der Waals surface area contributed by atoms with Crippen molar-refractivity contribution in [1.29, 1.82) is 0 Å². The summed E-state index contributed by atoms with van der Waals surface area (Å²) in [4.78, 5) is 10.3. The smallest absolute Gasteiger partial charge is 0.166 e. The molecular weight excluding hydrogens is 155 g/mol. The molecule has 76 valence electrons. The van der Waals surface area contributed by atoms with E-state index in [1.54, 1.807) is 6.92 Å². The topological polar surface area (TPSA) is 17.1 Å². The molecule has 0 fully saturated rings. The Morgan fingerprint density at radius 1 is 1.25 bits per heavy atom. The maximum atomic E-state index is 12.6. The van der Waals surface area contributed by atoms with Crippen molar-refractivity contribution in [3.8, 4) is 0 Å². The van der Waals surface area contributed by atoms with Gasteiger partial charge in [-0.05, 0) is 20.3 Å². The van der Waals surface area contributed by atoms with E-state index in [0.29, 0.717) is 0 Å². The number of Topliss-reactive ketones (excluding diaryl/α,β-unsaturated/α-hetero) is 1. The van der Waals surface area contributed by atoms with Crippen LogP contribution in [0.3, 0.4) is 0 Å². The lowest BCUT2D eigenvalue weighted by Gasteiger charge is -2.11. The van der Waals surface area contributed by atoms with Gasteiger partial charge in [0.05, 0.1) is 0 Å². The number of alkyl halides is 1. The average Bonchev–Trinajstić information content (AvgIpc) is 2.11. The number of rotatable bonds is 2. The zero-order valence-electron chi connectivity index (χ0n) is 9.49. The van der Waals surface area contributed by atoms with Gasteiger partial charge in [-0.2, -0.15) is 0 Å². The summed E-state index contributed by atoms with van der Waals surface area (Å²) in [6.45, 7) is 12.2. The Hall–Kier alpha value is -0.400. The molecule has 1 nitrogen and oxygen atoms in total. The van der Waals surface area contributed by atoms with Crippen molar-refractivity contribution in [3.05, 3.63) is 0 Å². The van der Waals surface area contributed by atoms with Gasteiger partial charge in [0.2, 0.25) is 0 Å². The summed E-state index contributed by atoms with van der Waals surface area (Å²) in [6, 6.07) is 0. The molecule has 1 atom stereocenters.